The highest BCUT2D eigenvalue weighted by Gasteiger charge is 2.23. The second kappa shape index (κ2) is 9.75. The van der Waals surface area contributed by atoms with E-state index >= 15 is 0 Å². The van der Waals surface area contributed by atoms with Crippen LogP contribution < -0.4 is 0 Å². The molecule has 148 valence electrons. The van der Waals surface area contributed by atoms with Crippen LogP contribution in [0.3, 0.4) is 0 Å². The van der Waals surface area contributed by atoms with Crippen LogP contribution in [0, 0.1) is 10.1 Å². The van der Waals surface area contributed by atoms with E-state index in [9.17, 15) is 14.9 Å². The van der Waals surface area contributed by atoms with Crippen LogP contribution >= 0.6 is 11.3 Å². The summed E-state index contributed by atoms with van der Waals surface area (Å²) in [4.78, 5) is 28.6. The third-order valence-corrected chi connectivity index (χ3v) is 5.22. The number of carbonyl (C=O) groups is 1. The third kappa shape index (κ3) is 5.36. The smallest absolute Gasteiger partial charge is 0.331 e. The van der Waals surface area contributed by atoms with Gasteiger partial charge in [0.2, 0.25) is 0 Å². The molecule has 0 radical (unpaired) electrons. The van der Waals surface area contributed by atoms with Crippen LogP contribution in [0.1, 0.15) is 22.9 Å². The second-order valence-electron chi connectivity index (χ2n) is 6.18. The molecule has 0 amide bonds. The van der Waals surface area contributed by atoms with Gasteiger partial charge in [-0.2, -0.15) is 0 Å². The number of benzene rings is 2. The normalized spacial score (nSPS) is 11.5. The summed E-state index contributed by atoms with van der Waals surface area (Å²) in [6.07, 6.45) is 0.237. The molecule has 0 saturated heterocycles. The molecule has 29 heavy (non-hydrogen) atoms. The lowest BCUT2D eigenvalue weighted by molar-refractivity contribution is -0.380. The summed E-state index contributed by atoms with van der Waals surface area (Å²) in [7, 11) is 0. The summed E-state index contributed by atoms with van der Waals surface area (Å²) in [5.74, 6) is -0.451. The number of hydrogen-bond acceptors (Lipinski definition) is 6. The Bertz CT molecular complexity index is 958. The van der Waals surface area contributed by atoms with Crippen molar-refractivity contribution >= 4 is 28.0 Å². The summed E-state index contributed by atoms with van der Waals surface area (Å²) in [6, 6.07) is 21.5. The van der Waals surface area contributed by atoms with Crippen LogP contribution in [0.4, 0.5) is 5.00 Å². The number of carbonyl (C=O) groups excluding carboxylic acids is 1. The molecule has 7 heteroatoms. The van der Waals surface area contributed by atoms with Gasteiger partial charge in [0, 0.05) is 28.5 Å². The maximum atomic E-state index is 12.6. The number of nitrogens with zero attached hydrogens (tertiary/aromatic N) is 2. The van der Waals surface area contributed by atoms with Crippen LogP contribution in [-0.4, -0.2) is 29.3 Å². The van der Waals surface area contributed by atoms with Gasteiger partial charge in [0.05, 0.1) is 17.2 Å². The number of hydrogen-bond donors (Lipinski definition) is 0. The van der Waals surface area contributed by atoms with E-state index in [2.05, 4.69) is 0 Å². The van der Waals surface area contributed by atoms with Gasteiger partial charge in [-0.3, -0.25) is 15.1 Å². The molecule has 0 spiro atoms. The number of esters is 1. The molecule has 0 bridgehead atoms. The molecule has 3 rings (SSSR count). The lowest BCUT2D eigenvalue weighted by Gasteiger charge is -2.14. The summed E-state index contributed by atoms with van der Waals surface area (Å²) in [5, 5.41) is 11.0. The molecule has 0 aliphatic rings. The number of rotatable bonds is 8. The molecular formula is C22H20N2O4S. The van der Waals surface area contributed by atoms with Gasteiger partial charge in [-0.15, -0.1) is 0 Å². The van der Waals surface area contributed by atoms with Crippen LogP contribution in [0.2, 0.25) is 0 Å². The van der Waals surface area contributed by atoms with Crippen molar-refractivity contribution in [3.8, 4) is 0 Å². The fourth-order valence-corrected chi connectivity index (χ4v) is 3.71. The fourth-order valence-electron chi connectivity index (χ4n) is 2.85. The van der Waals surface area contributed by atoms with Gasteiger partial charge in [0.25, 0.3) is 0 Å². The number of ether oxygens (including phenoxy) is 1. The SMILES string of the molecule is CCOC(=O)C(Cc1ccc([N+](=O)[O-])s1)N=C(c1ccccc1)c1ccccc1. The quantitative estimate of drug-likeness (QED) is 0.235. The van der Waals surface area contributed by atoms with Gasteiger partial charge >= 0.3 is 11.0 Å². The fraction of sp³-hybridized carbons (Fsp3) is 0.182. The average Bonchev–Trinajstić information content (AvgIpc) is 3.21. The Morgan fingerprint density at radius 2 is 1.62 bits per heavy atom. The molecule has 3 aromatic rings. The zero-order valence-electron chi connectivity index (χ0n) is 15.9. The lowest BCUT2D eigenvalue weighted by Crippen LogP contribution is -2.25. The van der Waals surface area contributed by atoms with E-state index in [1.54, 1.807) is 13.0 Å². The molecule has 1 heterocycles. The van der Waals surface area contributed by atoms with Crippen molar-refractivity contribution in [2.24, 2.45) is 4.99 Å². The van der Waals surface area contributed by atoms with Crippen molar-refractivity contribution in [3.63, 3.8) is 0 Å². The first-order chi connectivity index (χ1) is 14.1. The molecule has 1 aromatic heterocycles. The van der Waals surface area contributed by atoms with Gasteiger partial charge in [-0.1, -0.05) is 72.0 Å². The molecule has 0 N–H and O–H groups in total. The van der Waals surface area contributed by atoms with Crippen LogP contribution in [0.15, 0.2) is 77.8 Å². The van der Waals surface area contributed by atoms with E-state index < -0.39 is 16.9 Å². The van der Waals surface area contributed by atoms with E-state index in [0.717, 1.165) is 22.5 Å². The first-order valence-corrected chi connectivity index (χ1v) is 9.98. The first kappa shape index (κ1) is 20.4. The van der Waals surface area contributed by atoms with Crippen LogP contribution in [0.25, 0.3) is 0 Å². The maximum absolute atomic E-state index is 12.6. The Balaban J connectivity index is 2.02. The van der Waals surface area contributed by atoms with E-state index in [4.69, 9.17) is 9.73 Å². The number of aliphatic imine (C=N–C) groups is 1. The van der Waals surface area contributed by atoms with Gasteiger partial charge in [-0.05, 0) is 13.0 Å². The van der Waals surface area contributed by atoms with E-state index in [1.165, 1.54) is 6.07 Å². The Hall–Kier alpha value is -3.32. The Morgan fingerprint density at radius 3 is 2.10 bits per heavy atom. The predicted octanol–water partition coefficient (Wildman–Crippen LogP) is 4.67. The van der Waals surface area contributed by atoms with Crippen molar-refractivity contribution in [3.05, 3.63) is 98.9 Å². The minimum absolute atomic E-state index is 0.0398. The molecule has 0 fully saturated rings. The number of nitro groups is 1. The van der Waals surface area contributed by atoms with Crippen molar-refractivity contribution in [2.45, 2.75) is 19.4 Å². The standard InChI is InChI=1S/C22H20N2O4S/c1-2-28-22(25)19(15-18-13-14-20(29-18)24(26)27)23-21(16-9-5-3-6-10-16)17-11-7-4-8-12-17/h3-14,19H,2,15H2,1H3. The summed E-state index contributed by atoms with van der Waals surface area (Å²) < 4.78 is 5.23. The van der Waals surface area contributed by atoms with Crippen LogP contribution in [-0.2, 0) is 16.0 Å². The largest absolute Gasteiger partial charge is 0.464 e. The molecule has 0 aliphatic carbocycles. The third-order valence-electron chi connectivity index (χ3n) is 4.16. The van der Waals surface area contributed by atoms with Gasteiger partial charge in [-0.25, -0.2) is 4.79 Å². The highest BCUT2D eigenvalue weighted by molar-refractivity contribution is 7.15. The summed E-state index contributed by atoms with van der Waals surface area (Å²) in [5.41, 5.74) is 2.44. The van der Waals surface area contributed by atoms with Gasteiger partial charge in [0.1, 0.15) is 0 Å². The average molecular weight is 408 g/mol. The van der Waals surface area contributed by atoms with Crippen molar-refractivity contribution in [1.29, 1.82) is 0 Å². The van der Waals surface area contributed by atoms with Crippen LogP contribution in [0.5, 0.6) is 0 Å². The minimum Gasteiger partial charge on any atom is -0.464 e. The van der Waals surface area contributed by atoms with Crippen molar-refractivity contribution < 1.29 is 14.5 Å². The number of thiophene rings is 1. The Morgan fingerprint density at radius 1 is 1.03 bits per heavy atom. The van der Waals surface area contributed by atoms with E-state index in [-0.39, 0.29) is 18.0 Å². The van der Waals surface area contributed by atoms with Crippen molar-refractivity contribution in [1.82, 2.24) is 0 Å². The second-order valence-corrected chi connectivity index (χ2v) is 7.33. The van der Waals surface area contributed by atoms with Gasteiger partial charge < -0.3 is 4.74 Å². The molecule has 0 saturated carbocycles. The monoisotopic (exact) mass is 408 g/mol. The van der Waals surface area contributed by atoms with E-state index in [1.807, 2.05) is 60.7 Å². The maximum Gasteiger partial charge on any atom is 0.331 e. The Labute approximate surface area is 172 Å². The summed E-state index contributed by atoms with van der Waals surface area (Å²) >= 11 is 1.05. The topological polar surface area (TPSA) is 81.8 Å². The van der Waals surface area contributed by atoms with Crippen molar-refractivity contribution in [2.75, 3.05) is 6.61 Å². The minimum atomic E-state index is -0.802. The summed E-state index contributed by atoms with van der Waals surface area (Å²) in [6.45, 7) is 1.98. The molecule has 1 unspecified atom stereocenters. The highest BCUT2D eigenvalue weighted by Crippen LogP contribution is 2.26. The van der Waals surface area contributed by atoms with Gasteiger partial charge in [0.15, 0.2) is 6.04 Å². The predicted molar refractivity (Wildman–Crippen MR) is 114 cm³/mol. The molecular weight excluding hydrogens is 388 g/mol. The molecule has 0 aliphatic heterocycles. The molecule has 1 atom stereocenters. The zero-order valence-corrected chi connectivity index (χ0v) is 16.7. The van der Waals surface area contributed by atoms with E-state index in [0.29, 0.717) is 10.6 Å². The highest BCUT2D eigenvalue weighted by atomic mass is 32.1. The zero-order chi connectivity index (χ0) is 20.6. The molecule has 6 nitrogen and oxygen atoms in total. The Kier molecular flexibility index (Phi) is 6.86. The first-order valence-electron chi connectivity index (χ1n) is 9.17. The molecule has 2 aromatic carbocycles. The lowest BCUT2D eigenvalue weighted by atomic mass is 10.0.